The van der Waals surface area contributed by atoms with E-state index < -0.39 is 0 Å². The number of fused-ring (bicyclic) bond motifs is 1. The van der Waals surface area contributed by atoms with Gasteiger partial charge in [-0.05, 0) is 31.4 Å². The summed E-state index contributed by atoms with van der Waals surface area (Å²) >= 11 is 0. The molecule has 1 aromatic carbocycles. The average molecular weight is 258 g/mol. The highest BCUT2D eigenvalue weighted by Crippen LogP contribution is 2.28. The van der Waals surface area contributed by atoms with Crippen LogP contribution in [0.5, 0.6) is 0 Å². The Morgan fingerprint density at radius 1 is 1.00 bits per heavy atom. The first kappa shape index (κ1) is 13.6. The summed E-state index contributed by atoms with van der Waals surface area (Å²) in [5.41, 5.74) is 7.77. The number of anilines is 2. The average Bonchev–Trinajstić information content (AvgIpc) is 2.45. The summed E-state index contributed by atoms with van der Waals surface area (Å²) in [7, 11) is 0. The lowest BCUT2D eigenvalue weighted by molar-refractivity contribution is 0.419. The molecule has 0 saturated heterocycles. The minimum atomic E-state index is 0.0469. The molecular weight excluding hydrogens is 236 g/mol. The molecule has 0 atom stereocenters. The highest BCUT2D eigenvalue weighted by molar-refractivity contribution is 5.79. The molecule has 1 heterocycles. The molecule has 0 spiro atoms. The van der Waals surface area contributed by atoms with Crippen molar-refractivity contribution in [3.05, 3.63) is 24.3 Å². The first-order chi connectivity index (χ1) is 9.14. The molecule has 0 aliphatic rings. The van der Waals surface area contributed by atoms with Crippen molar-refractivity contribution in [3.63, 3.8) is 0 Å². The number of benzene rings is 1. The van der Waals surface area contributed by atoms with Gasteiger partial charge in [0.25, 0.3) is 0 Å². The fourth-order valence-corrected chi connectivity index (χ4v) is 2.37. The fraction of sp³-hybridized carbons (Fsp3) is 0.467. The first-order valence-corrected chi connectivity index (χ1v) is 6.94. The van der Waals surface area contributed by atoms with E-state index in [1.54, 1.807) is 0 Å². The van der Waals surface area contributed by atoms with Crippen LogP contribution in [-0.2, 0) is 0 Å². The van der Waals surface area contributed by atoms with E-state index in [4.69, 9.17) is 5.73 Å². The number of nitrogens with zero attached hydrogens (tertiary/aromatic N) is 2. The van der Waals surface area contributed by atoms with Gasteiger partial charge in [0.2, 0.25) is 0 Å². The summed E-state index contributed by atoms with van der Waals surface area (Å²) in [6.45, 7) is 6.56. The lowest BCUT2D eigenvalue weighted by atomic mass is 9.90. The van der Waals surface area contributed by atoms with E-state index in [2.05, 4.69) is 36.1 Å². The van der Waals surface area contributed by atoms with Gasteiger partial charge < -0.3 is 11.1 Å². The maximum Gasteiger partial charge on any atom is 0.169 e. The van der Waals surface area contributed by atoms with E-state index in [1.807, 2.05) is 24.3 Å². The SMILES string of the molecule is CCC(CC)(CC)Nc1nc2ccccc2nc1N. The zero-order chi connectivity index (χ0) is 13.9. The quantitative estimate of drug-likeness (QED) is 0.860. The van der Waals surface area contributed by atoms with E-state index in [0.717, 1.165) is 30.3 Å². The molecule has 2 rings (SSSR count). The predicted molar refractivity (Wildman–Crippen MR) is 81.2 cm³/mol. The number of para-hydroxylation sites is 2. The monoisotopic (exact) mass is 258 g/mol. The molecule has 0 amide bonds. The number of hydrogen-bond donors (Lipinski definition) is 2. The summed E-state index contributed by atoms with van der Waals surface area (Å²) < 4.78 is 0. The van der Waals surface area contributed by atoms with Crippen LogP contribution in [0, 0.1) is 0 Å². The summed E-state index contributed by atoms with van der Waals surface area (Å²) in [4.78, 5) is 9.02. The molecule has 0 aliphatic heterocycles. The van der Waals surface area contributed by atoms with E-state index >= 15 is 0 Å². The van der Waals surface area contributed by atoms with Gasteiger partial charge in [0.1, 0.15) is 0 Å². The van der Waals surface area contributed by atoms with Crippen LogP contribution in [0.15, 0.2) is 24.3 Å². The second-order valence-corrected chi connectivity index (χ2v) is 4.91. The topological polar surface area (TPSA) is 63.8 Å². The van der Waals surface area contributed by atoms with Crippen molar-refractivity contribution in [2.45, 2.75) is 45.6 Å². The van der Waals surface area contributed by atoms with Gasteiger partial charge >= 0.3 is 0 Å². The lowest BCUT2D eigenvalue weighted by Gasteiger charge is -2.32. The molecule has 0 bridgehead atoms. The number of rotatable bonds is 5. The molecule has 0 aliphatic carbocycles. The standard InChI is InChI=1S/C15H22N4/c1-4-15(5-2,6-3)19-14-13(16)17-11-9-7-8-10-12(11)18-14/h7-10H,4-6H2,1-3H3,(H2,16,17)(H,18,19). The zero-order valence-electron chi connectivity index (χ0n) is 11.9. The van der Waals surface area contributed by atoms with E-state index in [9.17, 15) is 0 Å². The Morgan fingerprint density at radius 3 is 2.05 bits per heavy atom. The lowest BCUT2D eigenvalue weighted by Crippen LogP contribution is -2.36. The highest BCUT2D eigenvalue weighted by atomic mass is 15.1. The van der Waals surface area contributed by atoms with Crippen LogP contribution in [0.1, 0.15) is 40.0 Å². The molecule has 0 saturated carbocycles. The predicted octanol–water partition coefficient (Wildman–Crippen LogP) is 3.59. The molecule has 4 nitrogen and oxygen atoms in total. The number of nitrogen functional groups attached to an aromatic ring is 1. The van der Waals surface area contributed by atoms with Crippen LogP contribution >= 0.6 is 0 Å². The van der Waals surface area contributed by atoms with Crippen LogP contribution in [0.4, 0.5) is 11.6 Å². The summed E-state index contributed by atoms with van der Waals surface area (Å²) in [5, 5.41) is 3.50. The second-order valence-electron chi connectivity index (χ2n) is 4.91. The van der Waals surface area contributed by atoms with Crippen molar-refractivity contribution in [2.75, 3.05) is 11.1 Å². The second kappa shape index (κ2) is 5.43. The third-order valence-electron chi connectivity index (χ3n) is 4.01. The number of hydrogen-bond acceptors (Lipinski definition) is 4. The molecule has 102 valence electrons. The van der Waals surface area contributed by atoms with Gasteiger partial charge in [-0.2, -0.15) is 0 Å². The third kappa shape index (κ3) is 2.62. The van der Waals surface area contributed by atoms with Crippen molar-refractivity contribution in [3.8, 4) is 0 Å². The maximum atomic E-state index is 6.02. The summed E-state index contributed by atoms with van der Waals surface area (Å²) in [6, 6.07) is 7.79. The van der Waals surface area contributed by atoms with Crippen molar-refractivity contribution in [2.24, 2.45) is 0 Å². The molecule has 3 N–H and O–H groups in total. The zero-order valence-corrected chi connectivity index (χ0v) is 11.9. The Morgan fingerprint density at radius 2 is 1.53 bits per heavy atom. The Kier molecular flexibility index (Phi) is 3.88. The third-order valence-corrected chi connectivity index (χ3v) is 4.01. The maximum absolute atomic E-state index is 6.02. The minimum Gasteiger partial charge on any atom is -0.381 e. The molecular formula is C15H22N4. The minimum absolute atomic E-state index is 0.0469. The summed E-state index contributed by atoms with van der Waals surface area (Å²) in [5.74, 6) is 1.17. The van der Waals surface area contributed by atoms with Gasteiger partial charge in [0.15, 0.2) is 11.6 Å². The molecule has 19 heavy (non-hydrogen) atoms. The summed E-state index contributed by atoms with van der Waals surface area (Å²) in [6.07, 6.45) is 3.11. The van der Waals surface area contributed by atoms with Crippen LogP contribution in [0.2, 0.25) is 0 Å². The molecule has 0 radical (unpaired) electrons. The van der Waals surface area contributed by atoms with E-state index in [-0.39, 0.29) is 5.54 Å². The van der Waals surface area contributed by atoms with Gasteiger partial charge in [-0.15, -0.1) is 0 Å². The molecule has 0 fully saturated rings. The number of nitrogens with two attached hydrogens (primary N) is 1. The van der Waals surface area contributed by atoms with E-state index in [1.165, 1.54) is 0 Å². The molecule has 4 heteroatoms. The fourth-order valence-electron chi connectivity index (χ4n) is 2.37. The largest absolute Gasteiger partial charge is 0.381 e. The molecule has 2 aromatic rings. The number of aromatic nitrogens is 2. The van der Waals surface area contributed by atoms with Crippen LogP contribution in [0.3, 0.4) is 0 Å². The molecule has 1 aromatic heterocycles. The Balaban J connectivity index is 2.42. The number of nitrogens with one attached hydrogen (secondary N) is 1. The van der Waals surface area contributed by atoms with Gasteiger partial charge in [0.05, 0.1) is 11.0 Å². The van der Waals surface area contributed by atoms with Crippen molar-refractivity contribution in [1.82, 2.24) is 9.97 Å². The smallest absolute Gasteiger partial charge is 0.169 e. The van der Waals surface area contributed by atoms with Crippen molar-refractivity contribution < 1.29 is 0 Å². The van der Waals surface area contributed by atoms with Crippen LogP contribution in [0.25, 0.3) is 11.0 Å². The Hall–Kier alpha value is -1.84. The van der Waals surface area contributed by atoms with Crippen molar-refractivity contribution >= 4 is 22.7 Å². The van der Waals surface area contributed by atoms with Gasteiger partial charge in [-0.1, -0.05) is 32.9 Å². The Bertz CT molecular complexity index is 553. The van der Waals surface area contributed by atoms with Gasteiger partial charge in [0, 0.05) is 5.54 Å². The Labute approximate surface area is 114 Å². The van der Waals surface area contributed by atoms with Crippen LogP contribution < -0.4 is 11.1 Å². The van der Waals surface area contributed by atoms with Gasteiger partial charge in [-0.25, -0.2) is 9.97 Å². The molecule has 0 unspecified atom stereocenters. The van der Waals surface area contributed by atoms with Crippen molar-refractivity contribution in [1.29, 1.82) is 0 Å². The van der Waals surface area contributed by atoms with Crippen LogP contribution in [-0.4, -0.2) is 15.5 Å². The normalized spacial score (nSPS) is 11.7. The first-order valence-electron chi connectivity index (χ1n) is 6.94. The highest BCUT2D eigenvalue weighted by Gasteiger charge is 2.25. The van der Waals surface area contributed by atoms with E-state index in [0.29, 0.717) is 11.6 Å². The van der Waals surface area contributed by atoms with Gasteiger partial charge in [-0.3, -0.25) is 0 Å².